The predicted octanol–water partition coefficient (Wildman–Crippen LogP) is 4.79. The van der Waals surface area contributed by atoms with Crippen molar-refractivity contribution in [1.82, 2.24) is 9.97 Å². The van der Waals surface area contributed by atoms with Crippen molar-refractivity contribution in [2.24, 2.45) is 0 Å². The van der Waals surface area contributed by atoms with Crippen LogP contribution in [-0.2, 0) is 16.0 Å². The Morgan fingerprint density at radius 3 is 2.56 bits per heavy atom. The van der Waals surface area contributed by atoms with Crippen molar-refractivity contribution in [3.8, 4) is 0 Å². The van der Waals surface area contributed by atoms with Crippen LogP contribution in [0.4, 0.5) is 5.13 Å². The van der Waals surface area contributed by atoms with E-state index in [4.69, 9.17) is 0 Å². The number of ketones is 1. The van der Waals surface area contributed by atoms with E-state index in [9.17, 15) is 14.7 Å². The number of aliphatic hydroxyl groups excluding tert-OH is 1. The lowest BCUT2D eigenvalue weighted by Gasteiger charge is -2.24. The Balaban J connectivity index is 1.54. The van der Waals surface area contributed by atoms with Crippen LogP contribution >= 0.6 is 11.3 Å². The molecule has 1 aliphatic heterocycles. The van der Waals surface area contributed by atoms with Crippen LogP contribution in [0.1, 0.15) is 23.6 Å². The first kappa shape index (κ1) is 20.1. The van der Waals surface area contributed by atoms with Crippen molar-refractivity contribution < 1.29 is 14.7 Å². The fraction of sp³-hybridized carbons (Fsp3) is 0.120. The fourth-order valence-corrected chi connectivity index (χ4v) is 4.93. The largest absolute Gasteiger partial charge is 0.503 e. The number of aromatic nitrogens is 2. The topological polar surface area (TPSA) is 83.4 Å². The molecule has 0 spiro atoms. The van der Waals surface area contributed by atoms with Gasteiger partial charge in [0.1, 0.15) is 0 Å². The Bertz CT molecular complexity index is 1300. The van der Waals surface area contributed by atoms with E-state index in [1.54, 1.807) is 24.5 Å². The molecule has 6 nitrogen and oxygen atoms in total. The summed E-state index contributed by atoms with van der Waals surface area (Å²) in [5.74, 6) is -1.41. The van der Waals surface area contributed by atoms with Crippen LogP contribution in [0.25, 0.3) is 10.2 Å². The van der Waals surface area contributed by atoms with E-state index in [0.717, 1.165) is 15.8 Å². The number of carbonyl (C=O) groups excluding carboxylic acids is 2. The van der Waals surface area contributed by atoms with E-state index < -0.39 is 17.7 Å². The van der Waals surface area contributed by atoms with Crippen LogP contribution in [0.15, 0.2) is 90.5 Å². The standard InChI is InChI=1S/C25H19N3O3S/c29-19(13-12-16-7-2-1-3-8-16)21-22(17-9-6-14-26-15-17)28(24(31)23(21)30)25-27-18-10-4-5-11-20(18)32-25/h1-11,14-15,22,30H,12-13H2. The summed E-state index contributed by atoms with van der Waals surface area (Å²) in [6.45, 7) is 0. The van der Waals surface area contributed by atoms with Gasteiger partial charge in [0.25, 0.3) is 5.91 Å². The number of amides is 1. The van der Waals surface area contributed by atoms with Crippen molar-refractivity contribution in [2.75, 3.05) is 4.90 Å². The summed E-state index contributed by atoms with van der Waals surface area (Å²) >= 11 is 1.35. The van der Waals surface area contributed by atoms with Gasteiger partial charge in [0, 0.05) is 18.8 Å². The molecule has 32 heavy (non-hydrogen) atoms. The minimum atomic E-state index is -0.778. The Hall–Kier alpha value is -3.84. The van der Waals surface area contributed by atoms with Crippen LogP contribution in [0.3, 0.4) is 0 Å². The highest BCUT2D eigenvalue weighted by atomic mass is 32.1. The van der Waals surface area contributed by atoms with Gasteiger partial charge in [-0.1, -0.05) is 59.9 Å². The number of carbonyl (C=O) groups is 2. The molecule has 0 saturated carbocycles. The molecular weight excluding hydrogens is 422 g/mol. The van der Waals surface area contributed by atoms with Crippen molar-refractivity contribution >= 4 is 38.4 Å². The van der Waals surface area contributed by atoms with Gasteiger partial charge >= 0.3 is 0 Å². The highest BCUT2D eigenvalue weighted by Gasteiger charge is 2.45. The number of hydrogen-bond acceptors (Lipinski definition) is 6. The van der Waals surface area contributed by atoms with Crippen molar-refractivity contribution in [3.63, 3.8) is 0 Å². The summed E-state index contributed by atoms with van der Waals surface area (Å²) in [6, 6.07) is 20.0. The van der Waals surface area contributed by atoms with Crippen molar-refractivity contribution in [2.45, 2.75) is 18.9 Å². The van der Waals surface area contributed by atoms with Gasteiger partial charge in [-0.2, -0.15) is 0 Å². The predicted molar refractivity (Wildman–Crippen MR) is 124 cm³/mol. The summed E-state index contributed by atoms with van der Waals surface area (Å²) in [6.07, 6.45) is 3.94. The van der Waals surface area contributed by atoms with Gasteiger partial charge in [-0.05, 0) is 35.7 Å². The number of para-hydroxylation sites is 1. The molecule has 5 rings (SSSR count). The molecule has 1 atom stereocenters. The Kier molecular flexibility index (Phi) is 5.25. The maximum atomic E-state index is 13.3. The van der Waals surface area contributed by atoms with Gasteiger partial charge in [0.15, 0.2) is 16.7 Å². The first-order valence-corrected chi connectivity index (χ1v) is 11.0. The van der Waals surface area contributed by atoms with E-state index in [1.807, 2.05) is 54.6 Å². The number of rotatable bonds is 6. The molecule has 0 aliphatic carbocycles. The van der Waals surface area contributed by atoms with Crippen LogP contribution in [-0.4, -0.2) is 26.8 Å². The number of aryl methyl sites for hydroxylation is 1. The average Bonchev–Trinajstić information content (AvgIpc) is 3.37. The number of hydrogen-bond donors (Lipinski definition) is 1. The van der Waals surface area contributed by atoms with Gasteiger partial charge in [-0.15, -0.1) is 0 Å². The highest BCUT2D eigenvalue weighted by molar-refractivity contribution is 7.22. The first-order valence-electron chi connectivity index (χ1n) is 10.2. The minimum absolute atomic E-state index is 0.0955. The maximum absolute atomic E-state index is 13.3. The monoisotopic (exact) mass is 441 g/mol. The summed E-state index contributed by atoms with van der Waals surface area (Å²) in [7, 11) is 0. The van der Waals surface area contributed by atoms with E-state index in [2.05, 4.69) is 9.97 Å². The Labute approximate surface area is 188 Å². The van der Waals surface area contributed by atoms with Gasteiger partial charge in [-0.25, -0.2) is 4.98 Å². The Morgan fingerprint density at radius 1 is 1.03 bits per heavy atom. The van der Waals surface area contributed by atoms with Crippen LogP contribution < -0.4 is 4.90 Å². The van der Waals surface area contributed by atoms with Crippen LogP contribution in [0.2, 0.25) is 0 Å². The molecular formula is C25H19N3O3S. The molecule has 4 aromatic rings. The second-order valence-corrected chi connectivity index (χ2v) is 8.51. The zero-order valence-corrected chi connectivity index (χ0v) is 17.8. The third-order valence-corrected chi connectivity index (χ3v) is 6.52. The molecule has 2 aromatic carbocycles. The van der Waals surface area contributed by atoms with E-state index >= 15 is 0 Å². The van der Waals surface area contributed by atoms with Gasteiger partial charge in [0.2, 0.25) is 0 Å². The van der Waals surface area contributed by atoms with Crippen molar-refractivity contribution in [3.05, 3.63) is 102 Å². The molecule has 3 heterocycles. The molecule has 0 radical (unpaired) electrons. The summed E-state index contributed by atoms with van der Waals surface area (Å²) in [5, 5.41) is 11.2. The quantitative estimate of drug-likeness (QED) is 0.465. The molecule has 0 saturated heterocycles. The fourth-order valence-electron chi connectivity index (χ4n) is 3.94. The first-order chi connectivity index (χ1) is 15.6. The normalized spacial score (nSPS) is 16.2. The number of benzene rings is 2. The third-order valence-electron chi connectivity index (χ3n) is 5.48. The second kappa shape index (κ2) is 8.36. The molecule has 1 amide bonds. The number of Topliss-reactive ketones (excluding diaryl/α,β-unsaturated/α-hetero) is 1. The average molecular weight is 442 g/mol. The second-order valence-electron chi connectivity index (χ2n) is 7.50. The minimum Gasteiger partial charge on any atom is -0.503 e. The van der Waals surface area contributed by atoms with Crippen LogP contribution in [0, 0.1) is 0 Å². The zero-order chi connectivity index (χ0) is 22.1. The van der Waals surface area contributed by atoms with Gasteiger partial charge in [0.05, 0.1) is 21.8 Å². The molecule has 158 valence electrons. The van der Waals surface area contributed by atoms with E-state index in [-0.39, 0.29) is 17.8 Å². The number of anilines is 1. The molecule has 1 aliphatic rings. The van der Waals surface area contributed by atoms with Gasteiger partial charge < -0.3 is 5.11 Å². The molecule has 7 heteroatoms. The smallest absolute Gasteiger partial charge is 0.296 e. The van der Waals surface area contributed by atoms with Crippen molar-refractivity contribution in [1.29, 1.82) is 0 Å². The summed E-state index contributed by atoms with van der Waals surface area (Å²) in [5.41, 5.74) is 2.52. The van der Waals surface area contributed by atoms with E-state index in [1.165, 1.54) is 16.2 Å². The lowest BCUT2D eigenvalue weighted by atomic mass is 9.94. The number of thiazole rings is 1. The SMILES string of the molecule is O=C(CCc1ccccc1)C1=C(O)C(=O)N(c2nc3ccccc3s2)C1c1cccnc1. The maximum Gasteiger partial charge on any atom is 0.296 e. The lowest BCUT2D eigenvalue weighted by molar-refractivity contribution is -0.118. The van der Waals surface area contributed by atoms with E-state index in [0.29, 0.717) is 17.1 Å². The summed E-state index contributed by atoms with van der Waals surface area (Å²) in [4.78, 5) is 36.6. The number of fused-ring (bicyclic) bond motifs is 1. The molecule has 1 N–H and O–H groups in total. The highest BCUT2D eigenvalue weighted by Crippen LogP contribution is 2.43. The molecule has 0 bridgehead atoms. The molecule has 0 fully saturated rings. The van der Waals surface area contributed by atoms with Gasteiger partial charge in [-0.3, -0.25) is 19.5 Å². The third kappa shape index (κ3) is 3.56. The number of aliphatic hydroxyl groups is 1. The molecule has 2 aromatic heterocycles. The number of pyridine rings is 1. The zero-order valence-electron chi connectivity index (χ0n) is 17.0. The number of nitrogens with zero attached hydrogens (tertiary/aromatic N) is 3. The molecule has 1 unspecified atom stereocenters. The Morgan fingerprint density at radius 2 is 1.81 bits per heavy atom. The summed E-state index contributed by atoms with van der Waals surface area (Å²) < 4.78 is 0.920. The van der Waals surface area contributed by atoms with Crippen LogP contribution in [0.5, 0.6) is 0 Å². The lowest BCUT2D eigenvalue weighted by Crippen LogP contribution is -2.31.